The molecular weight excluding hydrogens is 572 g/mol. The van der Waals surface area contributed by atoms with Gasteiger partial charge in [-0.15, -0.1) is 0 Å². The first-order valence-corrected chi connectivity index (χ1v) is 16.3. The lowest BCUT2D eigenvalue weighted by Crippen LogP contribution is -2.48. The molecule has 11 nitrogen and oxygen atoms in total. The summed E-state index contributed by atoms with van der Waals surface area (Å²) in [6, 6.07) is 10.7. The zero-order valence-corrected chi connectivity index (χ0v) is 26.2. The number of carbonyl (C=O) groups is 2. The Labute approximate surface area is 254 Å². The number of sulfonamides is 1. The minimum absolute atomic E-state index is 0.00113. The van der Waals surface area contributed by atoms with Crippen LogP contribution in [-0.4, -0.2) is 86.7 Å². The summed E-state index contributed by atoms with van der Waals surface area (Å²) in [4.78, 5) is 27.9. The van der Waals surface area contributed by atoms with E-state index in [0.29, 0.717) is 22.7 Å². The van der Waals surface area contributed by atoms with Crippen LogP contribution < -0.4 is 20.1 Å². The van der Waals surface area contributed by atoms with Crippen LogP contribution in [-0.2, 0) is 21.2 Å². The molecule has 3 atom stereocenters. The molecule has 0 unspecified atom stereocenters. The van der Waals surface area contributed by atoms with Crippen molar-refractivity contribution in [1.82, 2.24) is 14.5 Å². The number of hydrogen-bond donors (Lipinski definition) is 3. The molecule has 2 aromatic rings. The molecule has 3 amide bonds. The van der Waals surface area contributed by atoms with E-state index in [-0.39, 0.29) is 54.9 Å². The molecule has 0 saturated heterocycles. The Kier molecular flexibility index (Phi) is 10.9. The first-order valence-electron chi connectivity index (χ1n) is 14.9. The number of urea groups is 1. The summed E-state index contributed by atoms with van der Waals surface area (Å²) >= 11 is 0. The van der Waals surface area contributed by atoms with Crippen molar-refractivity contribution in [2.75, 3.05) is 39.2 Å². The second-order valence-corrected chi connectivity index (χ2v) is 13.6. The number of aliphatic hydroxyl groups excluding tert-OH is 1. The van der Waals surface area contributed by atoms with Crippen LogP contribution in [0.1, 0.15) is 51.5 Å². The molecule has 236 valence electrons. The molecule has 3 N–H and O–H groups in total. The summed E-state index contributed by atoms with van der Waals surface area (Å²) in [5, 5.41) is 15.8. The van der Waals surface area contributed by atoms with Gasteiger partial charge in [0, 0.05) is 36.8 Å². The van der Waals surface area contributed by atoms with E-state index in [1.54, 1.807) is 42.2 Å². The minimum atomic E-state index is -3.85. The van der Waals surface area contributed by atoms with E-state index in [9.17, 15) is 23.1 Å². The van der Waals surface area contributed by atoms with E-state index in [4.69, 9.17) is 9.47 Å². The number of amides is 3. The predicted molar refractivity (Wildman–Crippen MR) is 164 cm³/mol. The lowest BCUT2D eigenvalue weighted by molar-refractivity contribution is -0.134. The molecular formula is C31H44N4O7S. The van der Waals surface area contributed by atoms with Crippen molar-refractivity contribution in [2.24, 2.45) is 5.92 Å². The highest BCUT2D eigenvalue weighted by molar-refractivity contribution is 7.89. The summed E-state index contributed by atoms with van der Waals surface area (Å²) in [5.41, 5.74) is 1.09. The topological polar surface area (TPSA) is 138 Å². The van der Waals surface area contributed by atoms with Crippen molar-refractivity contribution in [3.8, 4) is 11.5 Å². The van der Waals surface area contributed by atoms with Crippen LogP contribution in [0.3, 0.4) is 0 Å². The molecule has 2 aliphatic rings. The third kappa shape index (κ3) is 8.18. The highest BCUT2D eigenvalue weighted by Crippen LogP contribution is 2.30. The SMILES string of the molecule is COc1ccc(S(=O)(=O)N(C)C[C@@H]2Oc3ccc(NC(=O)NC4CCCCC4)cc3CC(=O)N([C@@H](C)CO)C[C@H]2C)cc1. The van der Waals surface area contributed by atoms with Crippen LogP contribution in [0.5, 0.6) is 11.5 Å². The zero-order valence-electron chi connectivity index (χ0n) is 25.4. The number of methoxy groups -OCH3 is 1. The number of rotatable bonds is 9. The van der Waals surface area contributed by atoms with E-state index in [1.807, 2.05) is 6.92 Å². The van der Waals surface area contributed by atoms with Crippen molar-refractivity contribution in [2.45, 2.75) is 75.5 Å². The van der Waals surface area contributed by atoms with Gasteiger partial charge in [-0.2, -0.15) is 4.31 Å². The smallest absolute Gasteiger partial charge is 0.319 e. The number of hydrogen-bond acceptors (Lipinski definition) is 7. The lowest BCUT2D eigenvalue weighted by atomic mass is 9.96. The van der Waals surface area contributed by atoms with Gasteiger partial charge in [-0.05, 0) is 62.2 Å². The third-order valence-corrected chi connectivity index (χ3v) is 10.2. The maximum atomic E-state index is 13.5. The molecule has 0 spiro atoms. The Morgan fingerprint density at radius 1 is 1.16 bits per heavy atom. The molecule has 0 bridgehead atoms. The van der Waals surface area contributed by atoms with Gasteiger partial charge in [0.05, 0.1) is 37.6 Å². The molecule has 1 aliphatic carbocycles. The number of benzene rings is 2. The van der Waals surface area contributed by atoms with Crippen molar-refractivity contribution < 1.29 is 32.6 Å². The molecule has 0 aromatic heterocycles. The summed E-state index contributed by atoms with van der Waals surface area (Å²) in [6.07, 6.45) is 4.68. The van der Waals surface area contributed by atoms with E-state index in [1.165, 1.54) is 37.0 Å². The van der Waals surface area contributed by atoms with Crippen LogP contribution in [0.4, 0.5) is 10.5 Å². The van der Waals surface area contributed by atoms with Gasteiger partial charge in [0.25, 0.3) is 0 Å². The second-order valence-electron chi connectivity index (χ2n) is 11.6. The van der Waals surface area contributed by atoms with Gasteiger partial charge in [-0.25, -0.2) is 13.2 Å². The number of nitrogens with one attached hydrogen (secondary N) is 2. The zero-order chi connectivity index (χ0) is 31.1. The number of carbonyl (C=O) groups excluding carboxylic acids is 2. The van der Waals surface area contributed by atoms with Crippen molar-refractivity contribution in [3.63, 3.8) is 0 Å². The van der Waals surface area contributed by atoms with Gasteiger partial charge < -0.3 is 30.1 Å². The van der Waals surface area contributed by atoms with Crippen LogP contribution in [0.2, 0.25) is 0 Å². The van der Waals surface area contributed by atoms with Crippen LogP contribution in [0.15, 0.2) is 47.4 Å². The normalized spacial score (nSPS) is 20.7. The Hall–Kier alpha value is -3.35. The monoisotopic (exact) mass is 616 g/mol. The van der Waals surface area contributed by atoms with Gasteiger partial charge in [0.2, 0.25) is 15.9 Å². The molecule has 2 aromatic carbocycles. The Morgan fingerprint density at radius 2 is 1.86 bits per heavy atom. The molecule has 1 heterocycles. The fourth-order valence-corrected chi connectivity index (χ4v) is 6.79. The Bertz CT molecular complexity index is 1360. The molecule has 4 rings (SSSR count). The molecule has 1 saturated carbocycles. The van der Waals surface area contributed by atoms with Crippen LogP contribution >= 0.6 is 0 Å². The summed E-state index contributed by atoms with van der Waals surface area (Å²) < 4.78 is 39.7. The lowest BCUT2D eigenvalue weighted by Gasteiger charge is -2.33. The largest absolute Gasteiger partial charge is 0.497 e. The standard InChI is InChI=1S/C31H44N4O7S/c1-21-18-35(22(2)20-36)30(37)17-23-16-25(33-31(38)32-24-8-6-5-7-9-24)10-15-28(23)42-29(21)19-34(3)43(39,40)27-13-11-26(41-4)12-14-27/h10-16,21-22,24,29,36H,5-9,17-20H2,1-4H3,(H2,32,33,38)/t21-,22+,29+/m1/s1. The fourth-order valence-electron chi connectivity index (χ4n) is 5.60. The molecule has 1 fully saturated rings. The number of fused-ring (bicyclic) bond motifs is 1. The van der Waals surface area contributed by atoms with Crippen molar-refractivity contribution in [3.05, 3.63) is 48.0 Å². The maximum Gasteiger partial charge on any atom is 0.319 e. The molecule has 12 heteroatoms. The van der Waals surface area contributed by atoms with Gasteiger partial charge in [-0.1, -0.05) is 26.2 Å². The van der Waals surface area contributed by atoms with Gasteiger partial charge in [0.1, 0.15) is 17.6 Å². The number of aliphatic hydroxyl groups is 1. The fraction of sp³-hybridized carbons (Fsp3) is 0.548. The number of likely N-dealkylation sites (N-methyl/N-ethyl adjacent to an activating group) is 1. The van der Waals surface area contributed by atoms with E-state index in [0.717, 1.165) is 25.7 Å². The van der Waals surface area contributed by atoms with Crippen molar-refractivity contribution in [1.29, 1.82) is 0 Å². The highest BCUT2D eigenvalue weighted by Gasteiger charge is 2.33. The minimum Gasteiger partial charge on any atom is -0.497 e. The van der Waals surface area contributed by atoms with Gasteiger partial charge in [-0.3, -0.25) is 4.79 Å². The molecule has 0 radical (unpaired) electrons. The van der Waals surface area contributed by atoms with E-state index < -0.39 is 22.2 Å². The Morgan fingerprint density at radius 3 is 2.51 bits per heavy atom. The van der Waals surface area contributed by atoms with Crippen LogP contribution in [0, 0.1) is 5.92 Å². The first kappa shape index (κ1) is 32.6. The van der Waals surface area contributed by atoms with Gasteiger partial charge in [0.15, 0.2) is 0 Å². The second kappa shape index (κ2) is 14.4. The third-order valence-electron chi connectivity index (χ3n) is 8.32. The highest BCUT2D eigenvalue weighted by atomic mass is 32.2. The molecule has 1 aliphatic heterocycles. The number of nitrogens with zero attached hydrogens (tertiary/aromatic N) is 2. The number of ether oxygens (including phenoxy) is 2. The quantitative estimate of drug-likeness (QED) is 0.391. The van der Waals surface area contributed by atoms with Gasteiger partial charge >= 0.3 is 6.03 Å². The summed E-state index contributed by atoms with van der Waals surface area (Å²) in [5.74, 6) is 0.519. The Balaban J connectivity index is 1.59. The maximum absolute atomic E-state index is 13.5. The average molecular weight is 617 g/mol. The average Bonchev–Trinajstić information content (AvgIpc) is 3.04. The van der Waals surface area contributed by atoms with E-state index in [2.05, 4.69) is 10.6 Å². The van der Waals surface area contributed by atoms with Crippen molar-refractivity contribution >= 4 is 27.6 Å². The summed E-state index contributed by atoms with van der Waals surface area (Å²) in [7, 11) is -0.835. The van der Waals surface area contributed by atoms with E-state index >= 15 is 0 Å². The predicted octanol–water partition coefficient (Wildman–Crippen LogP) is 3.62. The molecule has 43 heavy (non-hydrogen) atoms. The number of anilines is 1. The van der Waals surface area contributed by atoms with Crippen LogP contribution in [0.25, 0.3) is 0 Å². The summed E-state index contributed by atoms with van der Waals surface area (Å²) in [6.45, 7) is 3.75. The first-order chi connectivity index (χ1) is 20.5.